The van der Waals surface area contributed by atoms with E-state index in [0.717, 1.165) is 34.1 Å². The minimum atomic E-state index is -0.443. The summed E-state index contributed by atoms with van der Waals surface area (Å²) in [4.78, 5) is 21.6. The first-order valence-corrected chi connectivity index (χ1v) is 9.22. The summed E-state index contributed by atoms with van der Waals surface area (Å²) >= 11 is 0. The fourth-order valence-corrected chi connectivity index (χ4v) is 3.72. The van der Waals surface area contributed by atoms with Crippen molar-refractivity contribution in [1.29, 1.82) is 0 Å². The molecule has 132 valence electrons. The van der Waals surface area contributed by atoms with E-state index in [-0.39, 0.29) is 5.91 Å². The Morgan fingerprint density at radius 1 is 1.00 bits per heavy atom. The molecule has 5 rings (SSSR count). The highest BCUT2D eigenvalue weighted by Gasteiger charge is 2.36. The molecule has 1 atom stereocenters. The van der Waals surface area contributed by atoms with Gasteiger partial charge in [0.15, 0.2) is 5.84 Å². The number of rotatable bonds is 2. The lowest BCUT2D eigenvalue weighted by Gasteiger charge is -2.27. The van der Waals surface area contributed by atoms with Gasteiger partial charge in [-0.2, -0.15) is 9.98 Å². The third kappa shape index (κ3) is 2.65. The molecule has 0 aromatic heterocycles. The molecule has 0 saturated heterocycles. The maximum atomic E-state index is 12.7. The van der Waals surface area contributed by atoms with Crippen LogP contribution in [0.25, 0.3) is 10.8 Å². The zero-order valence-corrected chi connectivity index (χ0v) is 15.0. The van der Waals surface area contributed by atoms with Crippen molar-refractivity contribution in [3.05, 3.63) is 77.4 Å². The normalized spacial score (nSPS) is 18.3. The van der Waals surface area contributed by atoms with Crippen LogP contribution in [-0.2, 0) is 17.6 Å². The van der Waals surface area contributed by atoms with Gasteiger partial charge < -0.3 is 4.74 Å². The first-order chi connectivity index (χ1) is 13.2. The van der Waals surface area contributed by atoms with Crippen LogP contribution in [0.15, 0.2) is 70.6 Å². The van der Waals surface area contributed by atoms with Crippen molar-refractivity contribution in [2.75, 3.05) is 0 Å². The lowest BCUT2D eigenvalue weighted by atomic mass is 9.90. The predicted molar refractivity (Wildman–Crippen MR) is 107 cm³/mol. The van der Waals surface area contributed by atoms with Crippen molar-refractivity contribution < 1.29 is 9.53 Å². The molecule has 1 unspecified atom stereocenters. The van der Waals surface area contributed by atoms with E-state index in [1.165, 1.54) is 5.56 Å². The second-order valence-corrected chi connectivity index (χ2v) is 6.90. The van der Waals surface area contributed by atoms with Gasteiger partial charge in [-0.15, -0.1) is 0 Å². The van der Waals surface area contributed by atoms with E-state index < -0.39 is 5.92 Å². The van der Waals surface area contributed by atoms with Crippen molar-refractivity contribution in [2.45, 2.75) is 19.8 Å². The number of ether oxygens (including phenoxy) is 1. The number of amidine groups is 1. The summed E-state index contributed by atoms with van der Waals surface area (Å²) in [5.74, 6) is 1.03. The van der Waals surface area contributed by atoms with Gasteiger partial charge in [0.25, 0.3) is 5.91 Å². The highest BCUT2D eigenvalue weighted by Crippen LogP contribution is 2.36. The molecule has 4 nitrogen and oxygen atoms in total. The summed E-state index contributed by atoms with van der Waals surface area (Å²) in [6.07, 6.45) is 1.54. The Balaban J connectivity index is 1.55. The highest BCUT2D eigenvalue weighted by atomic mass is 16.5. The standard InChI is InChI=1S/C23H18N2O2/c1-2-14-7-9-16(10-8-14)21-24-22(26)19-13-18-17-6-4-3-5-15(17)11-12-20(18)27-23(19)25-21/h3-12,19H,2,13H2,1H3. The summed E-state index contributed by atoms with van der Waals surface area (Å²) < 4.78 is 6.06. The number of carbonyl (C=O) groups excluding carboxylic acids is 1. The molecule has 3 aromatic carbocycles. The molecule has 2 aliphatic heterocycles. The van der Waals surface area contributed by atoms with Gasteiger partial charge in [-0.25, -0.2) is 0 Å². The maximum Gasteiger partial charge on any atom is 0.260 e. The number of fused-ring (bicyclic) bond motifs is 4. The van der Waals surface area contributed by atoms with Gasteiger partial charge in [-0.05, 0) is 35.2 Å². The lowest BCUT2D eigenvalue weighted by Crippen LogP contribution is -2.37. The largest absolute Gasteiger partial charge is 0.442 e. The van der Waals surface area contributed by atoms with E-state index in [4.69, 9.17) is 4.74 Å². The predicted octanol–water partition coefficient (Wildman–Crippen LogP) is 4.34. The molecule has 0 radical (unpaired) electrons. The molecule has 0 spiro atoms. The molecule has 0 fully saturated rings. The van der Waals surface area contributed by atoms with Gasteiger partial charge in [-0.1, -0.05) is 61.5 Å². The van der Waals surface area contributed by atoms with Crippen LogP contribution < -0.4 is 4.74 Å². The van der Waals surface area contributed by atoms with E-state index in [9.17, 15) is 4.79 Å². The van der Waals surface area contributed by atoms with Crippen molar-refractivity contribution >= 4 is 28.4 Å². The molecule has 27 heavy (non-hydrogen) atoms. The van der Waals surface area contributed by atoms with E-state index in [1.807, 2.05) is 48.5 Å². The zero-order valence-electron chi connectivity index (χ0n) is 15.0. The summed E-state index contributed by atoms with van der Waals surface area (Å²) in [5, 5.41) is 2.26. The quantitative estimate of drug-likeness (QED) is 0.687. The van der Waals surface area contributed by atoms with Gasteiger partial charge in [0.2, 0.25) is 5.90 Å². The van der Waals surface area contributed by atoms with Gasteiger partial charge in [0.05, 0.1) is 0 Å². The molecule has 2 aliphatic rings. The average Bonchev–Trinajstić information content (AvgIpc) is 2.72. The Bertz CT molecular complexity index is 1130. The van der Waals surface area contributed by atoms with Crippen molar-refractivity contribution in [2.24, 2.45) is 15.9 Å². The Hall–Kier alpha value is -3.27. The summed E-state index contributed by atoms with van der Waals surface area (Å²) in [6, 6.07) is 20.1. The van der Waals surface area contributed by atoms with Crippen LogP contribution in [0, 0.1) is 5.92 Å². The number of hydrogen-bond acceptors (Lipinski definition) is 3. The topological polar surface area (TPSA) is 51.0 Å². The number of nitrogens with zero attached hydrogens (tertiary/aromatic N) is 2. The summed E-state index contributed by atoms with van der Waals surface area (Å²) in [5.41, 5.74) is 3.12. The molecule has 0 saturated carbocycles. The number of benzene rings is 3. The zero-order chi connectivity index (χ0) is 18.4. The second kappa shape index (κ2) is 6.16. The molecule has 3 aromatic rings. The van der Waals surface area contributed by atoms with Gasteiger partial charge in [0, 0.05) is 11.1 Å². The fourth-order valence-electron chi connectivity index (χ4n) is 3.72. The second-order valence-electron chi connectivity index (χ2n) is 6.90. The van der Waals surface area contributed by atoms with E-state index in [2.05, 4.69) is 29.0 Å². The highest BCUT2D eigenvalue weighted by molar-refractivity contribution is 6.19. The third-order valence-electron chi connectivity index (χ3n) is 5.27. The number of hydrogen-bond donors (Lipinski definition) is 0. The first kappa shape index (κ1) is 15.9. The van der Waals surface area contributed by atoms with Gasteiger partial charge in [0.1, 0.15) is 11.7 Å². The molecule has 0 aliphatic carbocycles. The molecule has 2 heterocycles. The Labute approximate surface area is 157 Å². The smallest absolute Gasteiger partial charge is 0.260 e. The Morgan fingerprint density at radius 2 is 1.81 bits per heavy atom. The van der Waals surface area contributed by atoms with Crippen LogP contribution in [0.4, 0.5) is 0 Å². The minimum Gasteiger partial charge on any atom is -0.442 e. The van der Waals surface area contributed by atoms with E-state index in [1.54, 1.807) is 0 Å². The van der Waals surface area contributed by atoms with Crippen LogP contribution in [0.3, 0.4) is 0 Å². The minimum absolute atomic E-state index is 0.187. The first-order valence-electron chi connectivity index (χ1n) is 9.22. The van der Waals surface area contributed by atoms with Crippen LogP contribution in [-0.4, -0.2) is 17.6 Å². The summed E-state index contributed by atoms with van der Waals surface area (Å²) in [7, 11) is 0. The van der Waals surface area contributed by atoms with Gasteiger partial charge >= 0.3 is 0 Å². The third-order valence-corrected chi connectivity index (χ3v) is 5.27. The van der Waals surface area contributed by atoms with Crippen LogP contribution >= 0.6 is 0 Å². The van der Waals surface area contributed by atoms with Crippen LogP contribution in [0.5, 0.6) is 5.75 Å². The Kier molecular flexibility index (Phi) is 3.64. The number of aliphatic imine (C=N–C) groups is 2. The molecular weight excluding hydrogens is 336 g/mol. The van der Waals surface area contributed by atoms with Crippen LogP contribution in [0.1, 0.15) is 23.6 Å². The van der Waals surface area contributed by atoms with E-state index >= 15 is 0 Å². The fraction of sp³-hybridized carbons (Fsp3) is 0.174. The van der Waals surface area contributed by atoms with Crippen LogP contribution in [0.2, 0.25) is 0 Å². The average molecular weight is 354 g/mol. The number of amides is 1. The number of carbonyl (C=O) groups is 1. The molecule has 1 amide bonds. The molecule has 0 N–H and O–H groups in total. The number of aryl methyl sites for hydroxylation is 1. The lowest BCUT2D eigenvalue weighted by molar-refractivity contribution is -0.120. The molecular formula is C23H18N2O2. The van der Waals surface area contributed by atoms with Gasteiger partial charge in [-0.3, -0.25) is 4.79 Å². The van der Waals surface area contributed by atoms with Crippen molar-refractivity contribution in [3.8, 4) is 5.75 Å². The maximum absolute atomic E-state index is 12.7. The van der Waals surface area contributed by atoms with Crippen molar-refractivity contribution in [3.63, 3.8) is 0 Å². The molecule has 4 heteroatoms. The van der Waals surface area contributed by atoms with E-state index in [0.29, 0.717) is 18.2 Å². The monoisotopic (exact) mass is 354 g/mol. The molecule has 0 bridgehead atoms. The summed E-state index contributed by atoms with van der Waals surface area (Å²) in [6.45, 7) is 2.11. The Morgan fingerprint density at radius 3 is 2.63 bits per heavy atom. The SMILES string of the molecule is CCc1ccc(C2=NC(=O)C3Cc4c(ccc5ccccc45)OC3=N2)cc1. The van der Waals surface area contributed by atoms with Crippen molar-refractivity contribution in [1.82, 2.24) is 0 Å².